The van der Waals surface area contributed by atoms with E-state index in [1.165, 1.54) is 0 Å². The van der Waals surface area contributed by atoms with E-state index >= 15 is 0 Å². The number of rotatable bonds is 6. The van der Waals surface area contributed by atoms with E-state index in [-0.39, 0.29) is 12.3 Å². The number of nitrogens with one attached hydrogen (secondary N) is 1. The molecule has 4 heteroatoms. The molecule has 20 heavy (non-hydrogen) atoms. The topological polar surface area (TPSA) is 66.4 Å². The Balaban J connectivity index is 2.86. The van der Waals surface area contributed by atoms with Crippen LogP contribution in [0.3, 0.4) is 0 Å². The van der Waals surface area contributed by atoms with Crippen LogP contribution in [0.25, 0.3) is 0 Å². The van der Waals surface area contributed by atoms with Gasteiger partial charge in [-0.1, -0.05) is 37.6 Å². The molecular weight excluding hydrogens is 254 g/mol. The molecule has 0 radical (unpaired) electrons. The van der Waals surface area contributed by atoms with Crippen LogP contribution < -0.4 is 5.32 Å². The number of hydrogen-bond donors (Lipinski definition) is 2. The van der Waals surface area contributed by atoms with Gasteiger partial charge in [0.2, 0.25) is 5.91 Å². The molecule has 0 heterocycles. The van der Waals surface area contributed by atoms with Crippen LogP contribution in [0.5, 0.6) is 0 Å². The fraction of sp³-hybridized carbons (Fsp3) is 0.500. The SMILES string of the molecule is CCC(CC)(NC(=O)Cc1cc(C)ccc1C)C(=O)O. The van der Waals surface area contributed by atoms with E-state index in [1.807, 2.05) is 32.0 Å². The summed E-state index contributed by atoms with van der Waals surface area (Å²) < 4.78 is 0. The zero-order valence-corrected chi connectivity index (χ0v) is 12.6. The smallest absolute Gasteiger partial charge is 0.329 e. The van der Waals surface area contributed by atoms with Crippen LogP contribution in [0.2, 0.25) is 0 Å². The molecule has 0 aromatic heterocycles. The van der Waals surface area contributed by atoms with E-state index in [0.717, 1.165) is 16.7 Å². The van der Waals surface area contributed by atoms with Crippen LogP contribution in [0.1, 0.15) is 43.4 Å². The summed E-state index contributed by atoms with van der Waals surface area (Å²) >= 11 is 0. The summed E-state index contributed by atoms with van der Waals surface area (Å²) in [6.07, 6.45) is 0.956. The second-order valence-electron chi connectivity index (χ2n) is 5.25. The van der Waals surface area contributed by atoms with Gasteiger partial charge in [-0.25, -0.2) is 4.79 Å². The lowest BCUT2D eigenvalue weighted by molar-refractivity contribution is -0.148. The Kier molecular flexibility index (Phi) is 5.31. The minimum absolute atomic E-state index is 0.211. The molecule has 1 amide bonds. The highest BCUT2D eigenvalue weighted by atomic mass is 16.4. The van der Waals surface area contributed by atoms with Crippen LogP contribution in [0, 0.1) is 13.8 Å². The summed E-state index contributed by atoms with van der Waals surface area (Å²) in [6, 6.07) is 5.94. The van der Waals surface area contributed by atoms with Gasteiger partial charge in [-0.05, 0) is 37.8 Å². The third-order valence-electron chi connectivity index (χ3n) is 3.85. The third-order valence-corrected chi connectivity index (χ3v) is 3.85. The van der Waals surface area contributed by atoms with Crippen LogP contribution in [0.4, 0.5) is 0 Å². The number of carbonyl (C=O) groups excluding carboxylic acids is 1. The molecule has 1 rings (SSSR count). The van der Waals surface area contributed by atoms with Crippen molar-refractivity contribution in [1.29, 1.82) is 0 Å². The number of aliphatic carboxylic acids is 1. The van der Waals surface area contributed by atoms with Gasteiger partial charge in [0.1, 0.15) is 5.54 Å². The number of hydrogen-bond acceptors (Lipinski definition) is 2. The van der Waals surface area contributed by atoms with Crippen LogP contribution in [-0.4, -0.2) is 22.5 Å². The molecule has 0 aliphatic carbocycles. The molecule has 0 atom stereocenters. The summed E-state index contributed by atoms with van der Waals surface area (Å²) in [4.78, 5) is 23.5. The highest BCUT2D eigenvalue weighted by Gasteiger charge is 2.36. The van der Waals surface area contributed by atoms with Crippen molar-refractivity contribution in [3.63, 3.8) is 0 Å². The Hall–Kier alpha value is -1.84. The van der Waals surface area contributed by atoms with E-state index in [9.17, 15) is 14.7 Å². The molecule has 0 aliphatic rings. The minimum atomic E-state index is -1.16. The zero-order valence-electron chi connectivity index (χ0n) is 12.6. The van der Waals surface area contributed by atoms with E-state index in [1.54, 1.807) is 13.8 Å². The maximum Gasteiger partial charge on any atom is 0.329 e. The molecule has 1 aromatic carbocycles. The van der Waals surface area contributed by atoms with E-state index in [2.05, 4.69) is 5.32 Å². The van der Waals surface area contributed by atoms with Gasteiger partial charge in [0, 0.05) is 0 Å². The Morgan fingerprint density at radius 2 is 1.80 bits per heavy atom. The lowest BCUT2D eigenvalue weighted by atomic mass is 9.92. The number of carboxylic acid groups (broad SMARTS) is 1. The van der Waals surface area contributed by atoms with Gasteiger partial charge in [0.05, 0.1) is 6.42 Å². The van der Waals surface area contributed by atoms with Crippen LogP contribution >= 0.6 is 0 Å². The van der Waals surface area contributed by atoms with Gasteiger partial charge in [0.25, 0.3) is 0 Å². The molecule has 0 saturated carbocycles. The number of benzene rings is 1. The van der Waals surface area contributed by atoms with Gasteiger partial charge >= 0.3 is 5.97 Å². The second kappa shape index (κ2) is 6.55. The van der Waals surface area contributed by atoms with E-state index < -0.39 is 11.5 Å². The maximum atomic E-state index is 12.1. The summed E-state index contributed by atoms with van der Waals surface area (Å²) in [7, 11) is 0. The second-order valence-corrected chi connectivity index (χ2v) is 5.25. The van der Waals surface area contributed by atoms with Crippen LogP contribution in [0.15, 0.2) is 18.2 Å². The van der Waals surface area contributed by atoms with E-state index in [0.29, 0.717) is 12.8 Å². The van der Waals surface area contributed by atoms with Gasteiger partial charge in [-0.3, -0.25) is 4.79 Å². The number of carboxylic acids is 1. The largest absolute Gasteiger partial charge is 0.480 e. The Morgan fingerprint density at radius 3 is 2.30 bits per heavy atom. The normalized spacial score (nSPS) is 11.2. The van der Waals surface area contributed by atoms with Crippen molar-refractivity contribution in [2.24, 2.45) is 0 Å². The maximum absolute atomic E-state index is 12.1. The molecule has 0 aliphatic heterocycles. The van der Waals surface area contributed by atoms with Crippen molar-refractivity contribution >= 4 is 11.9 Å². The molecule has 0 saturated heterocycles. The quantitative estimate of drug-likeness (QED) is 0.840. The first-order chi connectivity index (χ1) is 9.34. The number of amides is 1. The fourth-order valence-corrected chi connectivity index (χ4v) is 2.26. The minimum Gasteiger partial charge on any atom is -0.480 e. The first-order valence-electron chi connectivity index (χ1n) is 6.95. The first kappa shape index (κ1) is 16.2. The fourth-order valence-electron chi connectivity index (χ4n) is 2.26. The van der Waals surface area contributed by atoms with Crippen molar-refractivity contribution in [2.75, 3.05) is 0 Å². The summed E-state index contributed by atoms with van der Waals surface area (Å²) in [5, 5.41) is 12.0. The molecule has 110 valence electrons. The van der Waals surface area contributed by atoms with Crippen molar-refractivity contribution < 1.29 is 14.7 Å². The predicted molar refractivity (Wildman–Crippen MR) is 78.7 cm³/mol. The standard InChI is InChI=1S/C16H23NO3/c1-5-16(6-2,15(19)20)17-14(18)10-13-9-11(3)7-8-12(13)4/h7-9H,5-6,10H2,1-4H3,(H,17,18)(H,19,20). The summed E-state index contributed by atoms with van der Waals surface area (Å²) in [5.41, 5.74) is 1.91. The van der Waals surface area contributed by atoms with Gasteiger partial charge in [-0.2, -0.15) is 0 Å². The monoisotopic (exact) mass is 277 g/mol. The highest BCUT2D eigenvalue weighted by molar-refractivity contribution is 5.88. The Bertz CT molecular complexity index is 504. The highest BCUT2D eigenvalue weighted by Crippen LogP contribution is 2.17. The molecule has 2 N–H and O–H groups in total. The lowest BCUT2D eigenvalue weighted by Gasteiger charge is -2.28. The van der Waals surface area contributed by atoms with Gasteiger partial charge in [0.15, 0.2) is 0 Å². The van der Waals surface area contributed by atoms with E-state index in [4.69, 9.17) is 0 Å². The van der Waals surface area contributed by atoms with Crippen molar-refractivity contribution in [1.82, 2.24) is 5.32 Å². The summed E-state index contributed by atoms with van der Waals surface area (Å²) in [6.45, 7) is 7.47. The first-order valence-corrected chi connectivity index (χ1v) is 6.95. The number of aryl methyl sites for hydroxylation is 2. The molecule has 4 nitrogen and oxygen atoms in total. The summed E-state index contributed by atoms with van der Waals surface area (Å²) in [5.74, 6) is -1.22. The molecule has 0 bridgehead atoms. The van der Waals surface area contributed by atoms with Crippen molar-refractivity contribution in [2.45, 2.75) is 52.5 Å². The average molecular weight is 277 g/mol. The molecular formula is C16H23NO3. The van der Waals surface area contributed by atoms with Crippen LogP contribution in [-0.2, 0) is 16.0 Å². The van der Waals surface area contributed by atoms with Gasteiger partial charge in [-0.15, -0.1) is 0 Å². The molecule has 0 unspecified atom stereocenters. The Labute approximate surface area is 120 Å². The Morgan fingerprint density at radius 1 is 1.20 bits per heavy atom. The predicted octanol–water partition coefficient (Wildman–Crippen LogP) is 2.61. The molecule has 0 spiro atoms. The number of carbonyl (C=O) groups is 2. The van der Waals surface area contributed by atoms with Gasteiger partial charge < -0.3 is 10.4 Å². The van der Waals surface area contributed by atoms with Crippen molar-refractivity contribution in [3.8, 4) is 0 Å². The molecule has 1 aromatic rings. The third kappa shape index (κ3) is 3.59. The zero-order chi connectivity index (χ0) is 15.3. The van der Waals surface area contributed by atoms with Crippen molar-refractivity contribution in [3.05, 3.63) is 34.9 Å². The average Bonchev–Trinajstić information content (AvgIpc) is 2.40. The molecule has 0 fully saturated rings. The lowest BCUT2D eigenvalue weighted by Crippen LogP contribution is -2.54.